The Hall–Kier alpha value is -1.65. The highest BCUT2D eigenvalue weighted by Crippen LogP contribution is 2.24. The maximum Gasteiger partial charge on any atom is 0.305 e. The van der Waals surface area contributed by atoms with Gasteiger partial charge < -0.3 is 10.0 Å². The number of aromatic nitrogens is 2. The number of aryl methyl sites for hydroxylation is 1. The summed E-state index contributed by atoms with van der Waals surface area (Å²) in [5, 5.41) is 8.93. The van der Waals surface area contributed by atoms with Crippen molar-refractivity contribution in [1.82, 2.24) is 9.97 Å². The van der Waals surface area contributed by atoms with Crippen LogP contribution < -0.4 is 4.90 Å². The van der Waals surface area contributed by atoms with Crippen molar-refractivity contribution in [2.75, 3.05) is 11.4 Å². The second-order valence-electron chi connectivity index (χ2n) is 4.46. The van der Waals surface area contributed by atoms with Gasteiger partial charge in [0.2, 0.25) is 0 Å². The summed E-state index contributed by atoms with van der Waals surface area (Å²) in [5.41, 5.74) is 0.912. The molecule has 1 aromatic heterocycles. The van der Waals surface area contributed by atoms with Crippen LogP contribution >= 0.6 is 0 Å². The molecule has 0 spiro atoms. The Balaban J connectivity index is 2.18. The van der Waals surface area contributed by atoms with Crippen LogP contribution in [0.5, 0.6) is 0 Å². The van der Waals surface area contributed by atoms with E-state index < -0.39 is 5.97 Å². The molecule has 2 rings (SSSR count). The molecule has 17 heavy (non-hydrogen) atoms. The molecule has 0 radical (unpaired) electrons. The third kappa shape index (κ3) is 2.93. The van der Waals surface area contributed by atoms with Gasteiger partial charge in [-0.25, -0.2) is 9.97 Å². The zero-order valence-corrected chi connectivity index (χ0v) is 9.96. The van der Waals surface area contributed by atoms with E-state index in [1.54, 1.807) is 0 Å². The summed E-state index contributed by atoms with van der Waals surface area (Å²) in [6, 6.07) is 1.98. The topological polar surface area (TPSA) is 66.3 Å². The van der Waals surface area contributed by atoms with E-state index in [1.165, 1.54) is 6.33 Å². The van der Waals surface area contributed by atoms with Gasteiger partial charge in [-0.3, -0.25) is 4.79 Å². The maximum atomic E-state index is 10.9. The van der Waals surface area contributed by atoms with E-state index in [-0.39, 0.29) is 12.5 Å². The second-order valence-corrected chi connectivity index (χ2v) is 4.46. The molecule has 0 aliphatic carbocycles. The first-order chi connectivity index (χ1) is 8.16. The number of aliphatic carboxylic acids is 1. The van der Waals surface area contributed by atoms with E-state index in [1.807, 2.05) is 13.0 Å². The Kier molecular flexibility index (Phi) is 3.56. The van der Waals surface area contributed by atoms with Gasteiger partial charge in [-0.2, -0.15) is 0 Å². The lowest BCUT2D eigenvalue weighted by atomic mass is 9.99. The molecular weight excluding hydrogens is 218 g/mol. The van der Waals surface area contributed by atoms with Gasteiger partial charge in [-0.1, -0.05) is 0 Å². The second kappa shape index (κ2) is 5.12. The zero-order chi connectivity index (χ0) is 12.3. The summed E-state index contributed by atoms with van der Waals surface area (Å²) in [4.78, 5) is 21.3. The number of carboxylic acids is 1. The number of carboxylic acid groups (broad SMARTS) is 1. The number of anilines is 1. The highest BCUT2D eigenvalue weighted by molar-refractivity contribution is 5.68. The molecule has 0 amide bonds. The number of piperidine rings is 1. The van der Waals surface area contributed by atoms with E-state index in [2.05, 4.69) is 14.9 Å². The summed E-state index contributed by atoms with van der Waals surface area (Å²) in [6.45, 7) is 2.80. The van der Waals surface area contributed by atoms with Crippen molar-refractivity contribution < 1.29 is 9.90 Å². The Bertz CT molecular complexity index is 408. The van der Waals surface area contributed by atoms with Crippen molar-refractivity contribution in [1.29, 1.82) is 0 Å². The van der Waals surface area contributed by atoms with Crippen LogP contribution in [-0.4, -0.2) is 33.6 Å². The van der Waals surface area contributed by atoms with Gasteiger partial charge in [-0.15, -0.1) is 0 Å². The Morgan fingerprint density at radius 2 is 2.35 bits per heavy atom. The highest BCUT2D eigenvalue weighted by atomic mass is 16.4. The Morgan fingerprint density at radius 3 is 3.06 bits per heavy atom. The van der Waals surface area contributed by atoms with Gasteiger partial charge in [0.15, 0.2) is 0 Å². The fourth-order valence-electron chi connectivity index (χ4n) is 2.31. The van der Waals surface area contributed by atoms with Gasteiger partial charge in [0.25, 0.3) is 0 Å². The van der Waals surface area contributed by atoms with Crippen LogP contribution in [0.3, 0.4) is 0 Å². The molecule has 92 valence electrons. The van der Waals surface area contributed by atoms with Gasteiger partial charge >= 0.3 is 5.97 Å². The smallest absolute Gasteiger partial charge is 0.305 e. The minimum atomic E-state index is -0.743. The van der Waals surface area contributed by atoms with Gasteiger partial charge in [-0.05, 0) is 26.2 Å². The number of hydrogen-bond acceptors (Lipinski definition) is 4. The predicted molar refractivity (Wildman–Crippen MR) is 64.0 cm³/mol. The molecule has 2 heterocycles. The number of hydrogen-bond donors (Lipinski definition) is 1. The molecule has 0 saturated carbocycles. The zero-order valence-electron chi connectivity index (χ0n) is 9.96. The van der Waals surface area contributed by atoms with Crippen LogP contribution in [0.15, 0.2) is 12.4 Å². The highest BCUT2D eigenvalue weighted by Gasteiger charge is 2.25. The summed E-state index contributed by atoms with van der Waals surface area (Å²) >= 11 is 0. The van der Waals surface area contributed by atoms with Crippen molar-refractivity contribution in [2.24, 2.45) is 0 Å². The van der Waals surface area contributed by atoms with Gasteiger partial charge in [0.05, 0.1) is 6.42 Å². The average molecular weight is 235 g/mol. The third-order valence-electron chi connectivity index (χ3n) is 3.12. The lowest BCUT2D eigenvalue weighted by Gasteiger charge is -2.35. The lowest BCUT2D eigenvalue weighted by Crippen LogP contribution is -2.41. The van der Waals surface area contributed by atoms with E-state index in [0.717, 1.165) is 37.3 Å². The summed E-state index contributed by atoms with van der Waals surface area (Å²) in [5.74, 6) is 0.108. The largest absolute Gasteiger partial charge is 0.481 e. The first-order valence-electron chi connectivity index (χ1n) is 5.94. The lowest BCUT2D eigenvalue weighted by molar-refractivity contribution is -0.137. The molecule has 1 atom stereocenters. The fourth-order valence-corrected chi connectivity index (χ4v) is 2.31. The molecule has 0 aromatic carbocycles. The summed E-state index contributed by atoms with van der Waals surface area (Å²) < 4.78 is 0. The molecule has 1 aromatic rings. The molecule has 1 unspecified atom stereocenters. The first kappa shape index (κ1) is 11.8. The summed E-state index contributed by atoms with van der Waals surface area (Å²) in [6.07, 6.45) is 4.84. The third-order valence-corrected chi connectivity index (χ3v) is 3.12. The summed E-state index contributed by atoms with van der Waals surface area (Å²) in [7, 11) is 0. The molecule has 1 N–H and O–H groups in total. The monoisotopic (exact) mass is 235 g/mol. The van der Waals surface area contributed by atoms with Crippen molar-refractivity contribution in [3.05, 3.63) is 18.1 Å². The molecular formula is C12H17N3O2. The van der Waals surface area contributed by atoms with Crippen LogP contribution in [0.2, 0.25) is 0 Å². The van der Waals surface area contributed by atoms with Crippen LogP contribution in [0, 0.1) is 6.92 Å². The van der Waals surface area contributed by atoms with Crippen LogP contribution in [0.25, 0.3) is 0 Å². The van der Waals surface area contributed by atoms with Crippen molar-refractivity contribution in [2.45, 2.75) is 38.6 Å². The van der Waals surface area contributed by atoms with E-state index in [0.29, 0.717) is 0 Å². The SMILES string of the molecule is Cc1cc(N2CCCCC2CC(=O)O)ncn1. The minimum Gasteiger partial charge on any atom is -0.481 e. The van der Waals surface area contributed by atoms with Gasteiger partial charge in [0, 0.05) is 24.3 Å². The molecule has 1 saturated heterocycles. The molecule has 1 fully saturated rings. The van der Waals surface area contributed by atoms with Crippen molar-refractivity contribution in [3.63, 3.8) is 0 Å². The first-order valence-corrected chi connectivity index (χ1v) is 5.94. The van der Waals surface area contributed by atoms with Crippen LogP contribution in [0.1, 0.15) is 31.4 Å². The standard InChI is InChI=1S/C12H17N3O2/c1-9-6-11(14-8-13-9)15-5-3-2-4-10(15)7-12(16)17/h6,8,10H,2-5,7H2,1H3,(H,16,17). The molecule has 1 aliphatic rings. The number of carbonyl (C=O) groups is 1. The van der Waals surface area contributed by atoms with Crippen LogP contribution in [-0.2, 0) is 4.79 Å². The minimum absolute atomic E-state index is 0.0653. The molecule has 0 bridgehead atoms. The fraction of sp³-hybridized carbons (Fsp3) is 0.583. The average Bonchev–Trinajstić information content (AvgIpc) is 2.29. The van der Waals surface area contributed by atoms with Crippen molar-refractivity contribution in [3.8, 4) is 0 Å². The normalized spacial score (nSPS) is 20.3. The van der Waals surface area contributed by atoms with Crippen LogP contribution in [0.4, 0.5) is 5.82 Å². The van der Waals surface area contributed by atoms with Crippen molar-refractivity contribution >= 4 is 11.8 Å². The van der Waals surface area contributed by atoms with E-state index >= 15 is 0 Å². The molecule has 5 heteroatoms. The van der Waals surface area contributed by atoms with E-state index in [9.17, 15) is 4.79 Å². The predicted octanol–water partition coefficient (Wildman–Crippen LogP) is 1.62. The van der Waals surface area contributed by atoms with Gasteiger partial charge in [0.1, 0.15) is 12.1 Å². The number of nitrogens with zero attached hydrogens (tertiary/aromatic N) is 3. The quantitative estimate of drug-likeness (QED) is 0.862. The maximum absolute atomic E-state index is 10.9. The van der Waals surface area contributed by atoms with E-state index in [4.69, 9.17) is 5.11 Å². The molecule has 5 nitrogen and oxygen atoms in total. The molecule has 1 aliphatic heterocycles. The Labute approximate surface area is 100 Å². The Morgan fingerprint density at radius 1 is 1.53 bits per heavy atom. The number of rotatable bonds is 3.